The van der Waals surface area contributed by atoms with E-state index < -0.39 is 155 Å². The van der Waals surface area contributed by atoms with Gasteiger partial charge in [0, 0.05) is 46.4 Å². The van der Waals surface area contributed by atoms with E-state index in [9.17, 15) is 88.0 Å². The smallest absolute Gasteiger partial charge is 0.397 e. The number of anilines is 4. The molecule has 0 spiro atoms. The molecule has 0 saturated heterocycles. The van der Waals surface area contributed by atoms with E-state index in [1.807, 2.05) is 0 Å². The third kappa shape index (κ3) is 13.7. The Hall–Kier alpha value is -5.90. The van der Waals surface area contributed by atoms with Crippen molar-refractivity contribution in [3.8, 4) is 0 Å². The molecule has 46 nitrogen and oxygen atoms in total. The summed E-state index contributed by atoms with van der Waals surface area (Å²) < 4.78 is 99.1. The molecule has 0 aromatic carbocycles. The van der Waals surface area contributed by atoms with Crippen LogP contribution in [-0.2, 0) is 53.9 Å². The lowest BCUT2D eigenvalue weighted by Crippen LogP contribution is -2.35. The Balaban J connectivity index is 0.000000125. The highest BCUT2D eigenvalue weighted by Crippen LogP contribution is 2.74. The average Bonchev–Trinajstić information content (AvgIpc) is 1.54. The van der Waals surface area contributed by atoms with Gasteiger partial charge in [-0.25, -0.2) is 67.3 Å². The highest BCUT2D eigenvalue weighted by atomic mass is 31.3. The van der Waals surface area contributed by atoms with E-state index in [1.165, 1.54) is 42.1 Å². The predicted molar refractivity (Wildman–Crippen MR) is 348 cm³/mol. The van der Waals surface area contributed by atoms with Crippen LogP contribution in [0.4, 0.5) is 22.7 Å². The fraction of sp³-hybridized carbons (Fsp3) is 0.538. The van der Waals surface area contributed by atoms with Crippen LogP contribution in [0.3, 0.4) is 0 Å². The predicted octanol–water partition coefficient (Wildman–Crippen LogP) is -2.14. The topological polar surface area (TPSA) is 749 Å². The quantitative estimate of drug-likeness (QED) is 0.0362. The molecule has 8 aromatic heterocycles. The van der Waals surface area contributed by atoms with Gasteiger partial charge in [0.1, 0.15) is 46.5 Å². The SMILES string of the molecule is Nc1ccnc2c1ncn2[C@H]1[C@H](O)[C@H](O)[C@]2(CO)C[C@H]12.Nc1ccnc2c1ncn2[C@H]1[C@H](O)[C@H](O)[C@]2(COP(=O)(O)O)C[C@H]12.Nc1ccnc2c1ncn2[C@H]1[C@H](O)[C@H](O)[C@]2(COP(=O)(O)OP(=O)(O)O)C[C@H]12.Nc1ccnc2c1ncn2[C@H]1[C@H](O)[C@H](O)[C@]2(COP(=O)(O)OP(=O)(O)OP(=O)(O)O)C[C@H]12. The maximum atomic E-state index is 12.0. The maximum absolute atomic E-state index is 12.0. The number of phosphoric ester groups is 3. The van der Waals surface area contributed by atoms with Crippen LogP contribution in [0.15, 0.2) is 74.4 Å². The summed E-state index contributed by atoms with van der Waals surface area (Å²) in [6, 6.07) is 4.21. The summed E-state index contributed by atoms with van der Waals surface area (Å²) in [6.45, 7) is -1.66. The van der Waals surface area contributed by atoms with Crippen molar-refractivity contribution in [1.29, 1.82) is 0 Å². The molecule has 16 rings (SSSR count). The van der Waals surface area contributed by atoms with Crippen molar-refractivity contribution >= 4 is 114 Å². The Morgan fingerprint density at radius 2 is 0.615 bits per heavy atom. The lowest BCUT2D eigenvalue weighted by molar-refractivity contribution is -0.0300. The van der Waals surface area contributed by atoms with E-state index >= 15 is 0 Å². The average molecular weight is 1590 g/mol. The third-order valence-corrected chi connectivity index (χ3v) is 27.5. The van der Waals surface area contributed by atoms with Gasteiger partial charge in [0.05, 0.1) is 123 Å². The number of nitrogens with two attached hydrogens (primary N) is 4. The van der Waals surface area contributed by atoms with Crippen LogP contribution < -0.4 is 22.9 Å². The van der Waals surface area contributed by atoms with Crippen molar-refractivity contribution in [1.82, 2.24) is 58.1 Å². The molecule has 568 valence electrons. The minimum Gasteiger partial charge on any atom is -0.397 e. The van der Waals surface area contributed by atoms with Gasteiger partial charge in [-0.15, -0.1) is 0 Å². The second-order valence-electron chi connectivity index (χ2n) is 26.9. The molecule has 0 bridgehead atoms. The maximum Gasteiger partial charge on any atom is 0.490 e. The summed E-state index contributed by atoms with van der Waals surface area (Å²) in [7, 11) is -31.5. The van der Waals surface area contributed by atoms with Crippen LogP contribution >= 0.6 is 46.9 Å². The van der Waals surface area contributed by atoms with Crippen LogP contribution in [0.25, 0.3) is 44.7 Å². The lowest BCUT2D eigenvalue weighted by Gasteiger charge is -2.24. The lowest BCUT2D eigenvalue weighted by atomic mass is 10.0. The van der Waals surface area contributed by atoms with Crippen molar-refractivity contribution in [2.45, 2.75) is 98.7 Å². The molecule has 8 heterocycles. The van der Waals surface area contributed by atoms with Crippen LogP contribution in [0.2, 0.25) is 0 Å². The van der Waals surface area contributed by atoms with Crippen LogP contribution in [0, 0.1) is 45.3 Å². The zero-order chi connectivity index (χ0) is 75.5. The normalized spacial score (nSPS) is 35.2. The number of aliphatic hydroxyl groups excluding tert-OH is 9. The first kappa shape index (κ1) is 76.3. The molecule has 23 atom stereocenters. The second-order valence-corrected chi connectivity index (χ2v) is 35.4. The number of aliphatic hydroxyl groups is 9. The zero-order valence-corrected chi connectivity index (χ0v) is 58.5. The van der Waals surface area contributed by atoms with Crippen molar-refractivity contribution in [3.05, 3.63) is 74.4 Å². The number of nitrogens with zero attached hydrogens (tertiary/aromatic N) is 12. The molecule has 0 aliphatic heterocycles. The van der Waals surface area contributed by atoms with E-state index in [1.54, 1.807) is 50.5 Å². The first-order chi connectivity index (χ1) is 48.5. The van der Waals surface area contributed by atoms with E-state index in [-0.39, 0.29) is 43.4 Å². The molecule has 8 aromatic rings. The summed E-state index contributed by atoms with van der Waals surface area (Å²) in [6.07, 6.45) is 4.35. The van der Waals surface area contributed by atoms with Crippen molar-refractivity contribution < 1.29 is 144 Å². The zero-order valence-electron chi connectivity index (χ0n) is 53.1. The first-order valence-electron chi connectivity index (χ1n) is 31.0. The van der Waals surface area contributed by atoms with E-state index in [2.05, 4.69) is 57.3 Å². The Bertz CT molecular complexity index is 4970. The molecule has 8 saturated carbocycles. The Morgan fingerprint density at radius 3 is 0.885 bits per heavy atom. The minimum atomic E-state index is -5.66. The monoisotopic (exact) mass is 1580 g/mol. The molecule has 8 aliphatic carbocycles. The summed E-state index contributed by atoms with van der Waals surface area (Å²) in [5, 5.41) is 93.0. The standard InChI is InChI=1S/C13H19N4O12P3.C13H18N4O9P2.C13H17N4O6P.C13H16N4O3/c14-7-1-2-15-12-8(7)16-5-17(12)9-6-3-13(6,11(19)10(9)18)4-27-31(23,24)29-32(25,26)28-30(20,21)22;14-7-1-2-15-12-8(7)16-5-17(12)9-6-3-13(6,11(19)10(9)18)4-25-28(23,24)26-27(20,21)22;14-7-1-2-15-12-8(7)16-5-17(12)9-6-3-13(6,11(19)10(9)18)4-23-24(20,21)22;14-7-1-2-15-12-8(7)16-5-17(12)9-6-3-13(6,4-18)11(20)10(9)19/h1-2,5-6,9-11,18-19H,3-4H2,(H2,14,15)(H,23,24)(H,25,26)(H2,20,21,22);1-2,5-6,9-11,18-19H,3-4H2,(H2,14,15)(H,23,24)(H2,20,21,22);1-2,5-6,9-11,18-19H,3-4H2,(H2,14,15)(H2,20,21,22);1-2,5-6,9-11,18-20H,3-4H2,(H2,14,15)/t4*6-,9-,10+,11+,13+/m1111/s1. The van der Waals surface area contributed by atoms with Gasteiger partial charge in [-0.1, -0.05) is 0 Å². The number of aromatic nitrogens is 12. The number of nitrogen functional groups attached to an aromatic ring is 4. The largest absolute Gasteiger partial charge is 0.490 e. The highest BCUT2D eigenvalue weighted by Gasteiger charge is 2.75. The number of pyridine rings is 4. The van der Waals surface area contributed by atoms with Gasteiger partial charge in [-0.3, -0.25) is 13.6 Å². The molecule has 26 N–H and O–H groups in total. The Kier molecular flexibility index (Phi) is 19.4. The number of hydrogen-bond donors (Lipinski definition) is 22. The van der Waals surface area contributed by atoms with E-state index in [0.717, 1.165) is 0 Å². The fourth-order valence-corrected chi connectivity index (χ4v) is 21.1. The minimum absolute atomic E-state index is 0.0399. The number of hydrogen-bond acceptors (Lipinski definition) is 33. The van der Waals surface area contributed by atoms with Crippen molar-refractivity contribution in [2.75, 3.05) is 49.4 Å². The van der Waals surface area contributed by atoms with Crippen LogP contribution in [0.5, 0.6) is 0 Å². The molecule has 52 heteroatoms. The van der Waals surface area contributed by atoms with E-state index in [0.29, 0.717) is 86.7 Å². The van der Waals surface area contributed by atoms with Gasteiger partial charge in [0.15, 0.2) is 22.6 Å². The Morgan fingerprint density at radius 1 is 0.365 bits per heavy atom. The van der Waals surface area contributed by atoms with Gasteiger partial charge in [0.25, 0.3) is 0 Å². The fourth-order valence-electron chi connectivity index (χ4n) is 15.9. The number of fused-ring (bicyclic) bond motifs is 8. The second kappa shape index (κ2) is 26.5. The summed E-state index contributed by atoms with van der Waals surface area (Å²) in [4.78, 5) is 114. The molecule has 8 fully saturated rings. The first-order valence-corrected chi connectivity index (χ1v) is 40.1. The van der Waals surface area contributed by atoms with Gasteiger partial charge in [-0.05, 0) is 73.6 Å². The molecular formula is C52H70N16O30P6. The summed E-state index contributed by atoms with van der Waals surface area (Å²) in [5.74, 6) is -0.971. The molecule has 0 amide bonds. The Labute approximate surface area is 582 Å². The molecule has 0 radical (unpaired) electrons. The van der Waals surface area contributed by atoms with Crippen molar-refractivity contribution in [2.24, 2.45) is 45.3 Å². The number of imidazole rings is 4. The van der Waals surface area contributed by atoms with Gasteiger partial charge >= 0.3 is 46.9 Å². The van der Waals surface area contributed by atoms with E-state index in [4.69, 9.17) is 61.3 Å². The summed E-state index contributed by atoms with van der Waals surface area (Å²) in [5.41, 5.74) is 25.3. The van der Waals surface area contributed by atoms with Crippen LogP contribution in [0.1, 0.15) is 49.9 Å². The van der Waals surface area contributed by atoms with Gasteiger partial charge < -0.3 is 131 Å². The highest BCUT2D eigenvalue weighted by molar-refractivity contribution is 7.66. The van der Waals surface area contributed by atoms with Crippen molar-refractivity contribution in [3.63, 3.8) is 0 Å². The van der Waals surface area contributed by atoms with Crippen LogP contribution in [-0.4, -0.2) is 223 Å². The molecule has 8 aliphatic rings. The molecular weight excluding hydrogens is 1510 g/mol. The van der Waals surface area contributed by atoms with Gasteiger partial charge in [-0.2, -0.15) is 12.9 Å². The molecule has 104 heavy (non-hydrogen) atoms. The number of phosphoric acid groups is 6. The number of rotatable bonds is 20. The van der Waals surface area contributed by atoms with Gasteiger partial charge in [0.2, 0.25) is 0 Å². The molecule has 3 unspecified atom stereocenters. The third-order valence-electron chi connectivity index (χ3n) is 21.1. The summed E-state index contributed by atoms with van der Waals surface area (Å²) >= 11 is 0.